The Bertz CT molecular complexity index is 657. The lowest BCUT2D eigenvalue weighted by molar-refractivity contribution is 0.637. The van der Waals surface area contributed by atoms with Gasteiger partial charge in [-0.15, -0.1) is 0 Å². The number of hydrogen-bond acceptors (Lipinski definition) is 0. The molecule has 0 atom stereocenters. The third kappa shape index (κ3) is 1.20. The van der Waals surface area contributed by atoms with Crippen LogP contribution in [0, 0.1) is 5.82 Å². The van der Waals surface area contributed by atoms with Crippen molar-refractivity contribution in [2.45, 2.75) is 0 Å². The predicted molar refractivity (Wildman–Crippen MR) is 63.5 cm³/mol. The van der Waals surface area contributed by atoms with Crippen LogP contribution in [0.15, 0.2) is 40.9 Å². The number of H-pyrrole nitrogens is 1. The highest BCUT2D eigenvalue weighted by Gasteiger charge is 2.09. The molecule has 0 spiro atoms. The van der Waals surface area contributed by atoms with Crippen molar-refractivity contribution in [3.05, 3.63) is 46.7 Å². The molecule has 1 aromatic heterocycles. The molecule has 0 radical (unpaired) electrons. The van der Waals surface area contributed by atoms with E-state index in [4.69, 9.17) is 0 Å². The van der Waals surface area contributed by atoms with Crippen LogP contribution in [0.2, 0.25) is 0 Å². The molecule has 1 heterocycles. The Kier molecular flexibility index (Phi) is 1.83. The van der Waals surface area contributed by atoms with Crippen molar-refractivity contribution in [3.8, 4) is 0 Å². The number of aromatic nitrogens is 1. The van der Waals surface area contributed by atoms with Gasteiger partial charge < -0.3 is 4.98 Å². The van der Waals surface area contributed by atoms with Gasteiger partial charge in [0.05, 0.1) is 5.52 Å². The van der Waals surface area contributed by atoms with E-state index in [2.05, 4.69) is 20.9 Å². The minimum atomic E-state index is -0.212. The van der Waals surface area contributed by atoms with Gasteiger partial charge in [0.25, 0.3) is 0 Å². The number of fused-ring (bicyclic) bond motifs is 3. The SMILES string of the molecule is Fc1cccc2c1[nH]c1cccc(Br)c12. The lowest BCUT2D eigenvalue weighted by Gasteiger charge is -1.94. The summed E-state index contributed by atoms with van der Waals surface area (Å²) < 4.78 is 14.5. The standard InChI is InChI=1S/C12H7BrFN/c13-8-4-2-6-10-11(8)7-3-1-5-9(14)12(7)15-10/h1-6,15H. The Hall–Kier alpha value is -1.35. The summed E-state index contributed by atoms with van der Waals surface area (Å²) >= 11 is 3.48. The molecule has 0 fully saturated rings. The Morgan fingerprint density at radius 1 is 1.07 bits per heavy atom. The summed E-state index contributed by atoms with van der Waals surface area (Å²) in [6, 6.07) is 10.9. The summed E-state index contributed by atoms with van der Waals surface area (Å²) in [7, 11) is 0. The van der Waals surface area contributed by atoms with Gasteiger partial charge in [-0.25, -0.2) is 4.39 Å². The quantitative estimate of drug-likeness (QED) is 0.625. The first-order valence-electron chi connectivity index (χ1n) is 4.62. The first-order chi connectivity index (χ1) is 7.27. The van der Waals surface area contributed by atoms with E-state index in [0.29, 0.717) is 5.52 Å². The lowest BCUT2D eigenvalue weighted by Crippen LogP contribution is -1.74. The zero-order valence-corrected chi connectivity index (χ0v) is 9.31. The third-order valence-corrected chi connectivity index (χ3v) is 3.22. The molecule has 1 nitrogen and oxygen atoms in total. The highest BCUT2D eigenvalue weighted by Crippen LogP contribution is 2.32. The molecule has 3 aromatic rings. The summed E-state index contributed by atoms with van der Waals surface area (Å²) in [5, 5.41) is 1.95. The summed E-state index contributed by atoms with van der Waals surface area (Å²) in [5.74, 6) is -0.212. The summed E-state index contributed by atoms with van der Waals surface area (Å²) in [4.78, 5) is 3.08. The van der Waals surface area contributed by atoms with Crippen LogP contribution < -0.4 is 0 Å². The van der Waals surface area contributed by atoms with Gasteiger partial charge in [0.15, 0.2) is 0 Å². The monoisotopic (exact) mass is 263 g/mol. The first-order valence-corrected chi connectivity index (χ1v) is 5.41. The Labute approximate surface area is 94.0 Å². The number of para-hydroxylation sites is 1. The number of halogens is 2. The molecule has 0 aliphatic carbocycles. The van der Waals surface area contributed by atoms with E-state index < -0.39 is 0 Å². The van der Waals surface area contributed by atoms with Crippen LogP contribution in [0.5, 0.6) is 0 Å². The number of hydrogen-bond donors (Lipinski definition) is 1. The van der Waals surface area contributed by atoms with Crippen molar-refractivity contribution in [2.75, 3.05) is 0 Å². The van der Waals surface area contributed by atoms with Gasteiger partial charge in [0.2, 0.25) is 0 Å². The number of benzene rings is 2. The molecule has 74 valence electrons. The van der Waals surface area contributed by atoms with E-state index >= 15 is 0 Å². The molecule has 0 bridgehead atoms. The Morgan fingerprint density at radius 3 is 2.73 bits per heavy atom. The van der Waals surface area contributed by atoms with Gasteiger partial charge in [-0.1, -0.05) is 34.1 Å². The maximum atomic E-state index is 13.5. The highest BCUT2D eigenvalue weighted by molar-refractivity contribution is 9.10. The van der Waals surface area contributed by atoms with Crippen LogP contribution in [0.4, 0.5) is 4.39 Å². The molecule has 0 unspecified atom stereocenters. The third-order valence-electron chi connectivity index (χ3n) is 2.56. The molecule has 3 heteroatoms. The second-order valence-corrected chi connectivity index (χ2v) is 4.30. The van der Waals surface area contributed by atoms with Crippen molar-refractivity contribution >= 4 is 37.7 Å². The second kappa shape index (κ2) is 3.07. The van der Waals surface area contributed by atoms with E-state index in [1.807, 2.05) is 24.3 Å². The van der Waals surface area contributed by atoms with Gasteiger partial charge in [-0.3, -0.25) is 0 Å². The van der Waals surface area contributed by atoms with Gasteiger partial charge >= 0.3 is 0 Å². The molecular weight excluding hydrogens is 257 g/mol. The average molecular weight is 264 g/mol. The van der Waals surface area contributed by atoms with Gasteiger partial charge in [0, 0.05) is 20.8 Å². The topological polar surface area (TPSA) is 15.8 Å². The fourth-order valence-corrected chi connectivity index (χ4v) is 2.48. The highest BCUT2D eigenvalue weighted by atomic mass is 79.9. The first kappa shape index (κ1) is 8.92. The van der Waals surface area contributed by atoms with Crippen LogP contribution in [0.3, 0.4) is 0 Å². The molecular formula is C12H7BrFN. The molecule has 0 saturated heterocycles. The number of aromatic amines is 1. The van der Waals surface area contributed by atoms with Crippen LogP contribution in [-0.2, 0) is 0 Å². The minimum absolute atomic E-state index is 0.212. The average Bonchev–Trinajstić information content (AvgIpc) is 2.59. The number of nitrogens with one attached hydrogen (secondary N) is 1. The van der Waals surface area contributed by atoms with E-state index in [1.54, 1.807) is 6.07 Å². The van der Waals surface area contributed by atoms with E-state index in [1.165, 1.54) is 6.07 Å². The van der Waals surface area contributed by atoms with Crippen LogP contribution >= 0.6 is 15.9 Å². The predicted octanol–water partition coefficient (Wildman–Crippen LogP) is 4.22. The van der Waals surface area contributed by atoms with Crippen molar-refractivity contribution in [2.24, 2.45) is 0 Å². The lowest BCUT2D eigenvalue weighted by atomic mass is 10.1. The van der Waals surface area contributed by atoms with Gasteiger partial charge in [0.1, 0.15) is 5.82 Å². The smallest absolute Gasteiger partial charge is 0.147 e. The number of rotatable bonds is 0. The van der Waals surface area contributed by atoms with Crippen LogP contribution in [-0.4, -0.2) is 4.98 Å². The molecule has 0 amide bonds. The van der Waals surface area contributed by atoms with Crippen molar-refractivity contribution < 1.29 is 4.39 Å². The van der Waals surface area contributed by atoms with Crippen molar-refractivity contribution in [3.63, 3.8) is 0 Å². The molecule has 1 N–H and O–H groups in total. The summed E-state index contributed by atoms with van der Waals surface area (Å²) in [6.45, 7) is 0. The molecule has 0 aliphatic rings. The largest absolute Gasteiger partial charge is 0.352 e. The van der Waals surface area contributed by atoms with E-state index in [-0.39, 0.29) is 5.82 Å². The maximum Gasteiger partial charge on any atom is 0.147 e. The van der Waals surface area contributed by atoms with Crippen molar-refractivity contribution in [1.82, 2.24) is 4.98 Å². The Balaban J connectivity index is 2.65. The fourth-order valence-electron chi connectivity index (χ4n) is 1.90. The molecule has 15 heavy (non-hydrogen) atoms. The second-order valence-electron chi connectivity index (χ2n) is 3.45. The van der Waals surface area contributed by atoms with E-state index in [9.17, 15) is 4.39 Å². The molecule has 2 aromatic carbocycles. The molecule has 0 aliphatic heterocycles. The summed E-state index contributed by atoms with van der Waals surface area (Å²) in [6.07, 6.45) is 0. The molecule has 0 saturated carbocycles. The normalized spacial score (nSPS) is 11.3. The Morgan fingerprint density at radius 2 is 1.87 bits per heavy atom. The van der Waals surface area contributed by atoms with Crippen LogP contribution in [0.25, 0.3) is 21.8 Å². The van der Waals surface area contributed by atoms with Crippen molar-refractivity contribution in [1.29, 1.82) is 0 Å². The van der Waals surface area contributed by atoms with Gasteiger partial charge in [-0.05, 0) is 18.2 Å². The minimum Gasteiger partial charge on any atom is -0.352 e. The van der Waals surface area contributed by atoms with Gasteiger partial charge in [-0.2, -0.15) is 0 Å². The summed E-state index contributed by atoms with van der Waals surface area (Å²) in [5.41, 5.74) is 1.52. The zero-order chi connectivity index (χ0) is 10.4. The fraction of sp³-hybridized carbons (Fsp3) is 0. The molecule has 3 rings (SSSR count). The maximum absolute atomic E-state index is 13.5. The van der Waals surface area contributed by atoms with E-state index in [0.717, 1.165) is 20.8 Å². The van der Waals surface area contributed by atoms with Crippen LogP contribution in [0.1, 0.15) is 0 Å². The zero-order valence-electron chi connectivity index (χ0n) is 7.72.